The molecule has 0 bridgehead atoms. The van der Waals surface area contributed by atoms with Crippen LogP contribution in [0.4, 0.5) is 17.2 Å². The third kappa shape index (κ3) is 4.02. The maximum atomic E-state index is 11.6. The molecule has 0 spiro atoms. The summed E-state index contributed by atoms with van der Waals surface area (Å²) >= 11 is 0. The minimum absolute atomic E-state index is 0.355. The Morgan fingerprint density at radius 2 is 1.96 bits per heavy atom. The number of hydrogen-bond donors (Lipinski definition) is 1. The van der Waals surface area contributed by atoms with Gasteiger partial charge >= 0.3 is 5.97 Å². The van der Waals surface area contributed by atoms with Crippen molar-refractivity contribution in [1.82, 2.24) is 4.98 Å². The van der Waals surface area contributed by atoms with Crippen LogP contribution in [0.15, 0.2) is 42.6 Å². The van der Waals surface area contributed by atoms with Crippen molar-refractivity contribution in [3.05, 3.63) is 48.2 Å². The molecule has 2 aromatic rings. The number of morpholine rings is 1. The third-order valence-corrected chi connectivity index (χ3v) is 3.79. The number of rotatable bonds is 5. The number of nitrogens with one attached hydrogen (secondary N) is 1. The highest BCUT2D eigenvalue weighted by atomic mass is 16.5. The van der Waals surface area contributed by atoms with Gasteiger partial charge < -0.3 is 19.7 Å². The second-order valence-corrected chi connectivity index (χ2v) is 5.42. The van der Waals surface area contributed by atoms with E-state index in [-0.39, 0.29) is 5.97 Å². The van der Waals surface area contributed by atoms with Gasteiger partial charge in [0.1, 0.15) is 5.82 Å². The number of aromatic nitrogens is 1. The molecular formula is C18H21N3O3. The zero-order valence-electron chi connectivity index (χ0n) is 13.7. The molecule has 1 aliphatic heterocycles. The smallest absolute Gasteiger partial charge is 0.339 e. The standard InChI is InChI=1S/C18H21N3O3/c1-2-24-18(22)14-3-8-17(19-13-14)20-15-4-6-16(7-5-15)21-9-11-23-12-10-21/h3-8,13H,2,9-12H2,1H3,(H,19,20). The van der Waals surface area contributed by atoms with Crippen LogP contribution in [0.5, 0.6) is 0 Å². The predicted octanol–water partition coefficient (Wildman–Crippen LogP) is 2.84. The van der Waals surface area contributed by atoms with Gasteiger partial charge in [0.05, 0.1) is 25.4 Å². The summed E-state index contributed by atoms with van der Waals surface area (Å²) in [5.41, 5.74) is 2.59. The van der Waals surface area contributed by atoms with Crippen LogP contribution in [0.1, 0.15) is 17.3 Å². The summed E-state index contributed by atoms with van der Waals surface area (Å²) in [5.74, 6) is 0.327. The molecule has 1 aromatic heterocycles. The monoisotopic (exact) mass is 327 g/mol. The average molecular weight is 327 g/mol. The van der Waals surface area contributed by atoms with E-state index in [0.717, 1.165) is 32.0 Å². The molecule has 1 N–H and O–H groups in total. The van der Waals surface area contributed by atoms with Crippen molar-refractivity contribution in [2.45, 2.75) is 6.92 Å². The van der Waals surface area contributed by atoms with E-state index in [1.54, 1.807) is 19.1 Å². The Balaban J connectivity index is 1.62. The normalized spacial score (nSPS) is 14.3. The molecule has 2 heterocycles. The number of benzene rings is 1. The molecule has 126 valence electrons. The Bertz CT molecular complexity index is 665. The Morgan fingerprint density at radius 1 is 1.21 bits per heavy atom. The highest BCUT2D eigenvalue weighted by Gasteiger charge is 2.11. The SMILES string of the molecule is CCOC(=O)c1ccc(Nc2ccc(N3CCOCC3)cc2)nc1. The maximum Gasteiger partial charge on any atom is 0.339 e. The van der Waals surface area contributed by atoms with E-state index < -0.39 is 0 Å². The highest BCUT2D eigenvalue weighted by molar-refractivity contribution is 5.89. The van der Waals surface area contributed by atoms with E-state index in [2.05, 4.69) is 27.3 Å². The molecule has 1 fully saturated rings. The van der Waals surface area contributed by atoms with Gasteiger partial charge in [-0.2, -0.15) is 0 Å². The number of ether oxygens (including phenoxy) is 2. The fourth-order valence-corrected chi connectivity index (χ4v) is 2.53. The number of hydrogen-bond acceptors (Lipinski definition) is 6. The summed E-state index contributed by atoms with van der Waals surface area (Å²) in [4.78, 5) is 18.2. The van der Waals surface area contributed by atoms with E-state index in [1.807, 2.05) is 12.1 Å². The zero-order valence-corrected chi connectivity index (χ0v) is 13.7. The van der Waals surface area contributed by atoms with E-state index in [9.17, 15) is 4.79 Å². The molecule has 0 radical (unpaired) electrons. The molecular weight excluding hydrogens is 306 g/mol. The van der Waals surface area contributed by atoms with Crippen LogP contribution in [0, 0.1) is 0 Å². The first kappa shape index (κ1) is 16.3. The number of carbonyl (C=O) groups is 1. The summed E-state index contributed by atoms with van der Waals surface area (Å²) < 4.78 is 10.3. The molecule has 0 aliphatic carbocycles. The van der Waals surface area contributed by atoms with E-state index in [0.29, 0.717) is 18.0 Å². The number of nitrogens with zero attached hydrogens (tertiary/aromatic N) is 2. The van der Waals surface area contributed by atoms with Gasteiger partial charge in [0.2, 0.25) is 0 Å². The molecule has 0 unspecified atom stereocenters. The van der Waals surface area contributed by atoms with Crippen molar-refractivity contribution in [3.8, 4) is 0 Å². The average Bonchev–Trinajstić information content (AvgIpc) is 2.64. The molecule has 0 amide bonds. The van der Waals surface area contributed by atoms with Crippen LogP contribution in [-0.2, 0) is 9.47 Å². The number of carbonyl (C=O) groups excluding carboxylic acids is 1. The zero-order chi connectivity index (χ0) is 16.8. The summed E-state index contributed by atoms with van der Waals surface area (Å²) in [6, 6.07) is 11.7. The van der Waals surface area contributed by atoms with Crippen molar-refractivity contribution in [2.24, 2.45) is 0 Å². The van der Waals surface area contributed by atoms with Gasteiger partial charge in [-0.1, -0.05) is 0 Å². The first-order valence-corrected chi connectivity index (χ1v) is 8.09. The summed E-state index contributed by atoms with van der Waals surface area (Å²) in [6.45, 7) is 5.52. The fraction of sp³-hybridized carbons (Fsp3) is 0.333. The van der Waals surface area contributed by atoms with Crippen molar-refractivity contribution in [3.63, 3.8) is 0 Å². The molecule has 1 saturated heterocycles. The lowest BCUT2D eigenvalue weighted by atomic mass is 10.2. The van der Waals surface area contributed by atoms with Gasteiger partial charge in [-0.25, -0.2) is 9.78 Å². The summed E-state index contributed by atoms with van der Waals surface area (Å²) in [7, 11) is 0. The van der Waals surface area contributed by atoms with Gasteiger partial charge in [-0.3, -0.25) is 0 Å². The molecule has 6 heteroatoms. The molecule has 6 nitrogen and oxygen atoms in total. The molecule has 1 aromatic carbocycles. The van der Waals surface area contributed by atoms with Crippen molar-refractivity contribution >= 4 is 23.2 Å². The Hall–Kier alpha value is -2.60. The third-order valence-electron chi connectivity index (χ3n) is 3.79. The lowest BCUT2D eigenvalue weighted by molar-refractivity contribution is 0.0526. The van der Waals surface area contributed by atoms with E-state index in [1.165, 1.54) is 11.9 Å². The summed E-state index contributed by atoms with van der Waals surface area (Å²) in [6.07, 6.45) is 1.52. The summed E-state index contributed by atoms with van der Waals surface area (Å²) in [5, 5.41) is 3.23. The Kier molecular flexibility index (Phi) is 5.28. The number of anilines is 3. The molecule has 3 rings (SSSR count). The van der Waals surface area contributed by atoms with Gasteiger partial charge in [-0.05, 0) is 43.3 Å². The van der Waals surface area contributed by atoms with Gasteiger partial charge in [0.15, 0.2) is 0 Å². The molecule has 24 heavy (non-hydrogen) atoms. The van der Waals surface area contributed by atoms with Gasteiger partial charge in [0.25, 0.3) is 0 Å². The first-order valence-electron chi connectivity index (χ1n) is 8.09. The highest BCUT2D eigenvalue weighted by Crippen LogP contribution is 2.21. The van der Waals surface area contributed by atoms with E-state index >= 15 is 0 Å². The molecule has 0 saturated carbocycles. The lowest BCUT2D eigenvalue weighted by Gasteiger charge is -2.28. The largest absolute Gasteiger partial charge is 0.462 e. The maximum absolute atomic E-state index is 11.6. The molecule has 1 aliphatic rings. The van der Waals surface area contributed by atoms with Gasteiger partial charge in [-0.15, -0.1) is 0 Å². The topological polar surface area (TPSA) is 63.7 Å². The van der Waals surface area contributed by atoms with Crippen molar-refractivity contribution < 1.29 is 14.3 Å². The number of esters is 1. The minimum atomic E-state index is -0.355. The van der Waals surface area contributed by atoms with Crippen LogP contribution in [0.25, 0.3) is 0 Å². The first-order chi connectivity index (χ1) is 11.8. The fourth-order valence-electron chi connectivity index (χ4n) is 2.53. The second-order valence-electron chi connectivity index (χ2n) is 5.42. The predicted molar refractivity (Wildman–Crippen MR) is 93.0 cm³/mol. The van der Waals surface area contributed by atoms with Crippen LogP contribution in [0.3, 0.4) is 0 Å². The lowest BCUT2D eigenvalue weighted by Crippen LogP contribution is -2.36. The van der Waals surface area contributed by atoms with Crippen LogP contribution < -0.4 is 10.2 Å². The van der Waals surface area contributed by atoms with Gasteiger partial charge in [0, 0.05) is 30.7 Å². The Labute approximate surface area is 141 Å². The van der Waals surface area contributed by atoms with Crippen LogP contribution in [-0.4, -0.2) is 43.9 Å². The van der Waals surface area contributed by atoms with E-state index in [4.69, 9.17) is 9.47 Å². The van der Waals surface area contributed by atoms with Crippen molar-refractivity contribution in [2.75, 3.05) is 43.1 Å². The van der Waals surface area contributed by atoms with Crippen LogP contribution in [0.2, 0.25) is 0 Å². The van der Waals surface area contributed by atoms with Crippen LogP contribution >= 0.6 is 0 Å². The number of pyridine rings is 1. The quantitative estimate of drug-likeness (QED) is 0.852. The molecule has 0 atom stereocenters. The Morgan fingerprint density at radius 3 is 2.58 bits per heavy atom. The second kappa shape index (κ2) is 7.79. The minimum Gasteiger partial charge on any atom is -0.462 e. The van der Waals surface area contributed by atoms with Crippen molar-refractivity contribution in [1.29, 1.82) is 0 Å².